The van der Waals surface area contributed by atoms with Crippen molar-refractivity contribution in [2.75, 3.05) is 13.2 Å². The lowest BCUT2D eigenvalue weighted by Gasteiger charge is -2.29. The largest absolute Gasteiger partial charge is 0.466 e. The van der Waals surface area contributed by atoms with Crippen molar-refractivity contribution in [2.24, 2.45) is 5.92 Å². The number of pyridine rings is 1. The fourth-order valence-corrected chi connectivity index (χ4v) is 2.88. The van der Waals surface area contributed by atoms with Gasteiger partial charge in [-0.3, -0.25) is 14.6 Å². The molecule has 24 heavy (non-hydrogen) atoms. The van der Waals surface area contributed by atoms with Gasteiger partial charge in [0.1, 0.15) is 0 Å². The molecule has 0 N–H and O–H groups in total. The molecule has 1 atom stereocenters. The summed E-state index contributed by atoms with van der Waals surface area (Å²) >= 11 is 0. The molecule has 0 fully saturated rings. The number of ether oxygens (including phenoxy) is 1. The molecule has 0 radical (unpaired) electrons. The number of aromatic nitrogens is 1. The minimum atomic E-state index is -0.314. The Balaban J connectivity index is 2.42. The number of esters is 1. The molecule has 5 nitrogen and oxygen atoms in total. The van der Waals surface area contributed by atoms with Gasteiger partial charge in [0.25, 0.3) is 0 Å². The molecule has 2 heterocycles. The summed E-state index contributed by atoms with van der Waals surface area (Å²) in [6, 6.07) is 3.75. The Morgan fingerprint density at radius 2 is 2.08 bits per heavy atom. The average molecular weight is 330 g/mol. The first-order valence-electron chi connectivity index (χ1n) is 8.76. The summed E-state index contributed by atoms with van der Waals surface area (Å²) in [5, 5.41) is 0. The van der Waals surface area contributed by atoms with Crippen LogP contribution in [0.15, 0.2) is 30.6 Å². The first kappa shape index (κ1) is 18.2. The van der Waals surface area contributed by atoms with Crippen LogP contribution < -0.4 is 0 Å². The Bertz CT molecular complexity index is 584. The van der Waals surface area contributed by atoms with E-state index in [1.165, 1.54) is 0 Å². The molecule has 1 aromatic heterocycles. The maximum absolute atomic E-state index is 12.6. The summed E-state index contributed by atoms with van der Waals surface area (Å²) < 4.78 is 5.21. The van der Waals surface area contributed by atoms with E-state index in [2.05, 4.69) is 11.9 Å². The fourth-order valence-electron chi connectivity index (χ4n) is 2.88. The van der Waals surface area contributed by atoms with Crippen molar-refractivity contribution < 1.29 is 14.3 Å². The van der Waals surface area contributed by atoms with Gasteiger partial charge >= 0.3 is 5.97 Å². The minimum Gasteiger partial charge on any atom is -0.466 e. The summed E-state index contributed by atoms with van der Waals surface area (Å²) in [6.07, 6.45) is 9.05. The lowest BCUT2D eigenvalue weighted by Crippen LogP contribution is -2.33. The van der Waals surface area contributed by atoms with Gasteiger partial charge in [0.2, 0.25) is 5.91 Å². The van der Waals surface area contributed by atoms with Gasteiger partial charge in [0.15, 0.2) is 0 Å². The van der Waals surface area contributed by atoms with Gasteiger partial charge < -0.3 is 9.64 Å². The first-order valence-corrected chi connectivity index (χ1v) is 8.76. The van der Waals surface area contributed by atoms with Crippen LogP contribution in [0.2, 0.25) is 0 Å². The van der Waals surface area contributed by atoms with Gasteiger partial charge in [0.05, 0.1) is 12.5 Å². The Kier molecular flexibility index (Phi) is 6.97. The molecule has 0 aromatic carbocycles. The molecule has 0 spiro atoms. The second-order valence-corrected chi connectivity index (χ2v) is 5.94. The molecular formula is C19H26N2O3. The van der Waals surface area contributed by atoms with Crippen LogP contribution in [0.4, 0.5) is 0 Å². The van der Waals surface area contributed by atoms with E-state index in [0.29, 0.717) is 32.4 Å². The van der Waals surface area contributed by atoms with Gasteiger partial charge in [0, 0.05) is 36.6 Å². The Hall–Kier alpha value is -2.17. The van der Waals surface area contributed by atoms with E-state index < -0.39 is 0 Å². The molecule has 0 saturated carbocycles. The van der Waals surface area contributed by atoms with Crippen molar-refractivity contribution >= 4 is 17.6 Å². The number of amides is 1. The Labute approximate surface area is 143 Å². The summed E-state index contributed by atoms with van der Waals surface area (Å²) in [5.74, 6) is -0.409. The number of carbonyl (C=O) groups excluding carboxylic acids is 2. The highest BCUT2D eigenvalue weighted by Crippen LogP contribution is 2.28. The Morgan fingerprint density at radius 3 is 2.75 bits per heavy atom. The summed E-state index contributed by atoms with van der Waals surface area (Å²) in [7, 11) is 0. The van der Waals surface area contributed by atoms with Crippen molar-refractivity contribution in [2.45, 2.75) is 46.0 Å². The van der Waals surface area contributed by atoms with Crippen LogP contribution in [-0.2, 0) is 14.3 Å². The molecule has 5 heteroatoms. The SMILES string of the molecule is CCCCN1C(=O)CCCC(C(=O)OCC)/C=C\1c1ccncc1. The van der Waals surface area contributed by atoms with E-state index in [9.17, 15) is 9.59 Å². The van der Waals surface area contributed by atoms with Crippen LogP contribution in [0.3, 0.4) is 0 Å². The van der Waals surface area contributed by atoms with Crippen LogP contribution in [0, 0.1) is 5.92 Å². The van der Waals surface area contributed by atoms with Crippen LogP contribution >= 0.6 is 0 Å². The second-order valence-electron chi connectivity index (χ2n) is 5.94. The monoisotopic (exact) mass is 330 g/mol. The van der Waals surface area contributed by atoms with E-state index in [-0.39, 0.29) is 17.8 Å². The van der Waals surface area contributed by atoms with Crippen molar-refractivity contribution in [3.8, 4) is 0 Å². The van der Waals surface area contributed by atoms with Crippen LogP contribution in [0.25, 0.3) is 5.70 Å². The number of carbonyl (C=O) groups is 2. The highest BCUT2D eigenvalue weighted by molar-refractivity contribution is 5.89. The van der Waals surface area contributed by atoms with E-state index in [1.54, 1.807) is 12.4 Å². The van der Waals surface area contributed by atoms with E-state index >= 15 is 0 Å². The van der Waals surface area contributed by atoms with Crippen molar-refractivity contribution in [3.05, 3.63) is 36.2 Å². The number of hydrogen-bond acceptors (Lipinski definition) is 4. The maximum atomic E-state index is 12.6. The molecule has 130 valence electrons. The predicted molar refractivity (Wildman–Crippen MR) is 92.8 cm³/mol. The minimum absolute atomic E-state index is 0.119. The van der Waals surface area contributed by atoms with Crippen LogP contribution in [0.1, 0.15) is 51.5 Å². The van der Waals surface area contributed by atoms with Gasteiger partial charge in [-0.2, -0.15) is 0 Å². The average Bonchev–Trinajstić information content (AvgIpc) is 2.58. The lowest BCUT2D eigenvalue weighted by atomic mass is 9.95. The molecule has 1 amide bonds. The second kappa shape index (κ2) is 9.21. The van der Waals surface area contributed by atoms with Crippen LogP contribution in [0.5, 0.6) is 0 Å². The summed E-state index contributed by atoms with van der Waals surface area (Å²) in [6.45, 7) is 4.95. The highest BCUT2D eigenvalue weighted by Gasteiger charge is 2.26. The van der Waals surface area contributed by atoms with Crippen molar-refractivity contribution in [1.82, 2.24) is 9.88 Å². The van der Waals surface area contributed by atoms with Crippen molar-refractivity contribution in [1.29, 1.82) is 0 Å². The zero-order valence-electron chi connectivity index (χ0n) is 14.5. The normalized spacial score (nSPS) is 20.8. The number of nitrogens with zero attached hydrogens (tertiary/aromatic N) is 2. The first-order chi connectivity index (χ1) is 11.7. The third kappa shape index (κ3) is 4.66. The van der Waals surface area contributed by atoms with E-state index in [4.69, 9.17) is 4.74 Å². The quantitative estimate of drug-likeness (QED) is 0.750. The molecule has 0 saturated heterocycles. The van der Waals surface area contributed by atoms with Gasteiger partial charge in [-0.15, -0.1) is 0 Å². The smallest absolute Gasteiger partial charge is 0.312 e. The number of unbranched alkanes of at least 4 members (excludes halogenated alkanes) is 1. The third-order valence-electron chi connectivity index (χ3n) is 4.16. The van der Waals surface area contributed by atoms with Gasteiger partial charge in [-0.05, 0) is 44.4 Å². The molecule has 1 unspecified atom stereocenters. The van der Waals surface area contributed by atoms with E-state index in [0.717, 1.165) is 24.1 Å². The zero-order valence-corrected chi connectivity index (χ0v) is 14.5. The molecule has 1 aromatic rings. The summed E-state index contributed by atoms with van der Waals surface area (Å²) in [4.78, 5) is 30.7. The Morgan fingerprint density at radius 1 is 1.33 bits per heavy atom. The maximum Gasteiger partial charge on any atom is 0.312 e. The topological polar surface area (TPSA) is 59.5 Å². The highest BCUT2D eigenvalue weighted by atomic mass is 16.5. The van der Waals surface area contributed by atoms with Gasteiger partial charge in [-0.1, -0.05) is 13.3 Å². The molecular weight excluding hydrogens is 304 g/mol. The fraction of sp³-hybridized carbons (Fsp3) is 0.526. The molecule has 1 aliphatic heterocycles. The molecule has 1 aliphatic rings. The zero-order chi connectivity index (χ0) is 17.4. The lowest BCUT2D eigenvalue weighted by molar-refractivity contribution is -0.146. The van der Waals surface area contributed by atoms with Crippen LogP contribution in [-0.4, -0.2) is 34.9 Å². The predicted octanol–water partition coefficient (Wildman–Crippen LogP) is 3.41. The summed E-state index contributed by atoms with van der Waals surface area (Å²) in [5.41, 5.74) is 1.71. The molecule has 2 rings (SSSR count). The third-order valence-corrected chi connectivity index (χ3v) is 4.16. The molecule has 0 bridgehead atoms. The number of rotatable bonds is 6. The standard InChI is InChI=1S/C19H26N2O3/c1-3-5-13-21-17(15-9-11-20-12-10-15)14-16(19(23)24-4-2)7-6-8-18(21)22/h9-12,14,16H,3-8,13H2,1-2H3/b17-14-. The van der Waals surface area contributed by atoms with Gasteiger partial charge in [-0.25, -0.2) is 0 Å². The number of hydrogen-bond donors (Lipinski definition) is 0. The van der Waals surface area contributed by atoms with E-state index in [1.807, 2.05) is 30.0 Å². The molecule has 0 aliphatic carbocycles. The van der Waals surface area contributed by atoms with Crippen molar-refractivity contribution in [3.63, 3.8) is 0 Å².